The van der Waals surface area contributed by atoms with Crippen LogP contribution in [0.5, 0.6) is 0 Å². The highest BCUT2D eigenvalue weighted by molar-refractivity contribution is 7.94. The van der Waals surface area contributed by atoms with Crippen LogP contribution in [0.4, 0.5) is 5.69 Å². The van der Waals surface area contributed by atoms with Gasteiger partial charge in [-0.15, -0.1) is 11.3 Å². The number of thiophene rings is 1. The smallest absolute Gasteiger partial charge is 0.271 e. The Hall–Kier alpha value is -1.90. The molecule has 3 rings (SSSR count). The molecule has 0 spiro atoms. The molecule has 8 heteroatoms. The predicted molar refractivity (Wildman–Crippen MR) is 99.5 cm³/mol. The molecule has 2 heterocycles. The lowest BCUT2D eigenvalue weighted by atomic mass is 9.99. The Morgan fingerprint density at radius 1 is 1.28 bits per heavy atom. The van der Waals surface area contributed by atoms with Crippen molar-refractivity contribution in [2.24, 2.45) is 5.92 Å². The van der Waals surface area contributed by atoms with Gasteiger partial charge in [-0.05, 0) is 61.5 Å². The van der Waals surface area contributed by atoms with E-state index in [0.717, 1.165) is 37.3 Å². The van der Waals surface area contributed by atoms with Crippen molar-refractivity contribution in [3.8, 4) is 0 Å². The van der Waals surface area contributed by atoms with Gasteiger partial charge in [0.05, 0.1) is 0 Å². The van der Waals surface area contributed by atoms with E-state index in [4.69, 9.17) is 0 Å². The van der Waals surface area contributed by atoms with Crippen molar-refractivity contribution < 1.29 is 13.2 Å². The van der Waals surface area contributed by atoms with Crippen LogP contribution in [0.1, 0.15) is 23.2 Å². The fraction of sp³-hybridized carbons (Fsp3) is 0.353. The van der Waals surface area contributed by atoms with Crippen LogP contribution in [-0.2, 0) is 10.0 Å². The predicted octanol–water partition coefficient (Wildman–Crippen LogP) is 2.28. The van der Waals surface area contributed by atoms with Crippen molar-refractivity contribution in [2.45, 2.75) is 17.1 Å². The van der Waals surface area contributed by atoms with E-state index in [1.165, 1.54) is 0 Å². The summed E-state index contributed by atoms with van der Waals surface area (Å²) in [5.41, 5.74) is 0.815. The van der Waals surface area contributed by atoms with Gasteiger partial charge in [0.25, 0.3) is 15.9 Å². The molecule has 0 bridgehead atoms. The van der Waals surface area contributed by atoms with Crippen LogP contribution in [0.15, 0.2) is 46.0 Å². The van der Waals surface area contributed by atoms with Crippen molar-refractivity contribution in [3.05, 3.63) is 47.3 Å². The molecule has 6 nitrogen and oxygen atoms in total. The maximum atomic E-state index is 12.3. The van der Waals surface area contributed by atoms with Gasteiger partial charge in [-0.2, -0.15) is 0 Å². The van der Waals surface area contributed by atoms with E-state index in [-0.39, 0.29) is 10.1 Å². The fourth-order valence-corrected chi connectivity index (χ4v) is 4.83. The van der Waals surface area contributed by atoms with Crippen LogP contribution in [0.25, 0.3) is 0 Å². The van der Waals surface area contributed by atoms with Gasteiger partial charge in [0, 0.05) is 17.8 Å². The molecule has 1 aliphatic rings. The topological polar surface area (TPSA) is 87.3 Å². The third kappa shape index (κ3) is 4.81. The minimum Gasteiger partial charge on any atom is -0.352 e. The van der Waals surface area contributed by atoms with Gasteiger partial charge in [-0.1, -0.05) is 12.1 Å². The zero-order chi connectivity index (χ0) is 17.7. The standard InChI is InChI=1S/C17H21N3O3S2/c21-17(19-12-13-4-2-8-18-11-13)14-5-1-6-15(10-14)20-25(22,23)16-7-3-9-24-16/h1,3,5-7,9-10,13,18,20H,2,4,8,11-12H2,(H,19,21). The number of nitrogens with one attached hydrogen (secondary N) is 3. The van der Waals surface area contributed by atoms with Gasteiger partial charge in [0.15, 0.2) is 0 Å². The Morgan fingerprint density at radius 2 is 2.16 bits per heavy atom. The first-order valence-electron chi connectivity index (χ1n) is 8.20. The number of carbonyl (C=O) groups is 1. The molecular formula is C17H21N3O3S2. The summed E-state index contributed by atoms with van der Waals surface area (Å²) >= 11 is 1.15. The molecule has 1 aromatic heterocycles. The molecule has 3 N–H and O–H groups in total. The van der Waals surface area contributed by atoms with Gasteiger partial charge in [0.1, 0.15) is 4.21 Å². The maximum absolute atomic E-state index is 12.3. The normalized spacial score (nSPS) is 17.8. The van der Waals surface area contributed by atoms with Gasteiger partial charge in [0.2, 0.25) is 0 Å². The van der Waals surface area contributed by atoms with Gasteiger partial charge in [-0.3, -0.25) is 9.52 Å². The minimum atomic E-state index is -3.61. The largest absolute Gasteiger partial charge is 0.352 e. The van der Waals surface area contributed by atoms with Crippen LogP contribution in [0, 0.1) is 5.92 Å². The molecule has 1 atom stereocenters. The molecule has 1 unspecified atom stereocenters. The van der Waals surface area contributed by atoms with Crippen LogP contribution in [-0.4, -0.2) is 34.0 Å². The van der Waals surface area contributed by atoms with E-state index in [9.17, 15) is 13.2 Å². The molecule has 2 aromatic rings. The summed E-state index contributed by atoms with van der Waals surface area (Å²) in [6.45, 7) is 2.58. The quantitative estimate of drug-likeness (QED) is 0.719. The molecule has 1 aliphatic heterocycles. The molecule has 1 aromatic carbocycles. The second-order valence-electron chi connectivity index (χ2n) is 6.04. The summed E-state index contributed by atoms with van der Waals surface area (Å²) in [6, 6.07) is 9.76. The average Bonchev–Trinajstić information content (AvgIpc) is 3.16. The molecule has 0 saturated carbocycles. The number of hydrogen-bond acceptors (Lipinski definition) is 5. The van der Waals surface area contributed by atoms with Gasteiger partial charge >= 0.3 is 0 Å². The summed E-state index contributed by atoms with van der Waals surface area (Å²) < 4.78 is 27.3. The van der Waals surface area contributed by atoms with Crippen molar-refractivity contribution in [1.82, 2.24) is 10.6 Å². The first-order valence-corrected chi connectivity index (χ1v) is 10.6. The number of amides is 1. The molecule has 1 fully saturated rings. The Bertz CT molecular complexity index is 813. The molecule has 134 valence electrons. The maximum Gasteiger partial charge on any atom is 0.271 e. The van der Waals surface area contributed by atoms with Crippen LogP contribution in [0.2, 0.25) is 0 Å². The lowest BCUT2D eigenvalue weighted by Crippen LogP contribution is -2.38. The number of rotatable bonds is 6. The van der Waals surface area contributed by atoms with Crippen LogP contribution in [0.3, 0.4) is 0 Å². The van der Waals surface area contributed by atoms with Crippen molar-refractivity contribution in [2.75, 3.05) is 24.4 Å². The number of anilines is 1. The first kappa shape index (κ1) is 17.9. The first-order chi connectivity index (χ1) is 12.0. The monoisotopic (exact) mass is 379 g/mol. The summed E-state index contributed by atoms with van der Waals surface area (Å²) in [7, 11) is -3.61. The zero-order valence-corrected chi connectivity index (χ0v) is 15.3. The number of benzene rings is 1. The summed E-state index contributed by atoms with van der Waals surface area (Å²) in [4.78, 5) is 12.3. The Kier molecular flexibility index (Phi) is 5.72. The Labute approximate surface area is 151 Å². The van der Waals surface area contributed by atoms with Gasteiger partial charge < -0.3 is 10.6 Å². The second-order valence-corrected chi connectivity index (χ2v) is 8.90. The lowest BCUT2D eigenvalue weighted by Gasteiger charge is -2.22. The second kappa shape index (κ2) is 7.99. The van der Waals surface area contributed by atoms with Crippen LogP contribution >= 0.6 is 11.3 Å². The minimum absolute atomic E-state index is 0.192. The highest BCUT2D eigenvalue weighted by atomic mass is 32.2. The van der Waals surface area contributed by atoms with E-state index in [2.05, 4.69) is 15.4 Å². The lowest BCUT2D eigenvalue weighted by molar-refractivity contribution is 0.0945. The van der Waals surface area contributed by atoms with Crippen molar-refractivity contribution >= 4 is 33.0 Å². The molecule has 0 aliphatic carbocycles. The van der Waals surface area contributed by atoms with E-state index < -0.39 is 10.0 Å². The Balaban J connectivity index is 1.63. The zero-order valence-electron chi connectivity index (χ0n) is 13.7. The highest BCUT2D eigenvalue weighted by Gasteiger charge is 2.17. The van der Waals surface area contributed by atoms with Crippen LogP contribution < -0.4 is 15.4 Å². The molecular weight excluding hydrogens is 358 g/mol. The third-order valence-corrected chi connectivity index (χ3v) is 6.87. The molecule has 1 amide bonds. The average molecular weight is 380 g/mol. The number of sulfonamides is 1. The molecule has 1 saturated heterocycles. The Morgan fingerprint density at radius 3 is 2.88 bits per heavy atom. The van der Waals surface area contributed by atoms with Crippen molar-refractivity contribution in [1.29, 1.82) is 0 Å². The summed E-state index contributed by atoms with van der Waals surface area (Å²) in [6.07, 6.45) is 2.23. The van der Waals surface area contributed by atoms with Gasteiger partial charge in [-0.25, -0.2) is 8.42 Å². The van der Waals surface area contributed by atoms with E-state index >= 15 is 0 Å². The summed E-state index contributed by atoms with van der Waals surface area (Å²) in [5, 5.41) is 7.96. The van der Waals surface area contributed by atoms with Crippen molar-refractivity contribution in [3.63, 3.8) is 0 Å². The number of carbonyl (C=O) groups excluding carboxylic acids is 1. The number of hydrogen-bond donors (Lipinski definition) is 3. The molecule has 0 radical (unpaired) electrons. The summed E-state index contributed by atoms with van der Waals surface area (Å²) in [5.74, 6) is 0.251. The highest BCUT2D eigenvalue weighted by Crippen LogP contribution is 2.21. The third-order valence-electron chi connectivity index (χ3n) is 4.09. The molecule has 25 heavy (non-hydrogen) atoms. The number of piperidine rings is 1. The van der Waals surface area contributed by atoms with E-state index in [0.29, 0.717) is 23.7 Å². The SMILES string of the molecule is O=C(NCC1CCCNC1)c1cccc(NS(=O)(=O)c2cccs2)c1. The van der Waals surface area contributed by atoms with E-state index in [1.54, 1.807) is 41.8 Å². The van der Waals surface area contributed by atoms with E-state index in [1.807, 2.05) is 0 Å². The fourth-order valence-electron chi connectivity index (χ4n) is 2.78.